The number of rotatable bonds is 3. The molecule has 0 spiro atoms. The fourth-order valence-electron chi connectivity index (χ4n) is 2.32. The number of nitrogens with zero attached hydrogens (tertiary/aromatic N) is 3. The smallest absolute Gasteiger partial charge is 0.219 e. The molecule has 0 saturated carbocycles. The summed E-state index contributed by atoms with van der Waals surface area (Å²) in [4.78, 5) is 10.3. The number of aromatic nitrogens is 2. The molecule has 2 atom stereocenters. The van der Waals surface area contributed by atoms with Crippen LogP contribution in [0.5, 0.6) is 5.88 Å². The molecule has 5 heteroatoms. The van der Waals surface area contributed by atoms with Crippen molar-refractivity contribution in [1.82, 2.24) is 14.9 Å². The van der Waals surface area contributed by atoms with Gasteiger partial charge in [-0.05, 0) is 39.3 Å². The average Bonchev–Trinajstić information content (AvgIpc) is 2.74. The first-order chi connectivity index (χ1) is 8.60. The molecule has 0 aromatic carbocycles. The minimum Gasteiger partial charge on any atom is -0.473 e. The molecule has 1 fully saturated rings. The van der Waals surface area contributed by atoms with Gasteiger partial charge in [-0.15, -0.1) is 6.42 Å². The highest BCUT2D eigenvalue weighted by atomic mass is 35.5. The van der Waals surface area contributed by atoms with Crippen molar-refractivity contribution in [2.45, 2.75) is 31.9 Å². The molecule has 18 heavy (non-hydrogen) atoms. The Hall–Kier alpha value is -1.31. The van der Waals surface area contributed by atoms with Gasteiger partial charge in [0, 0.05) is 12.1 Å². The molecule has 2 rings (SSSR count). The van der Waals surface area contributed by atoms with Gasteiger partial charge in [0.2, 0.25) is 11.7 Å². The highest BCUT2D eigenvalue weighted by Crippen LogP contribution is 2.22. The van der Waals surface area contributed by atoms with E-state index in [0.29, 0.717) is 17.1 Å². The summed E-state index contributed by atoms with van der Waals surface area (Å²) in [6, 6.07) is 2.00. The molecule has 96 valence electrons. The highest BCUT2D eigenvalue weighted by Gasteiger charge is 2.28. The van der Waals surface area contributed by atoms with Crippen LogP contribution in [0.2, 0.25) is 5.15 Å². The molecular weight excluding hydrogens is 250 g/mol. The quantitative estimate of drug-likeness (QED) is 0.619. The van der Waals surface area contributed by atoms with E-state index in [1.807, 2.05) is 6.92 Å². The summed E-state index contributed by atoms with van der Waals surface area (Å²) in [5, 5.41) is 0.305. The lowest BCUT2D eigenvalue weighted by atomic mass is 10.1. The lowest BCUT2D eigenvalue weighted by Crippen LogP contribution is -2.38. The molecule has 0 bridgehead atoms. The zero-order valence-electron chi connectivity index (χ0n) is 10.6. The van der Waals surface area contributed by atoms with Crippen LogP contribution in [0, 0.1) is 12.3 Å². The van der Waals surface area contributed by atoms with Gasteiger partial charge in [0.15, 0.2) is 0 Å². The van der Waals surface area contributed by atoms with E-state index < -0.39 is 0 Å². The Labute approximate surface area is 112 Å². The van der Waals surface area contributed by atoms with E-state index in [1.165, 1.54) is 6.42 Å². The molecule has 1 saturated heterocycles. The van der Waals surface area contributed by atoms with Crippen molar-refractivity contribution in [3.05, 3.63) is 17.0 Å². The van der Waals surface area contributed by atoms with Crippen LogP contribution in [-0.4, -0.2) is 40.6 Å². The van der Waals surface area contributed by atoms with E-state index in [4.69, 9.17) is 22.8 Å². The maximum atomic E-state index is 5.86. The molecule has 0 radical (unpaired) electrons. The zero-order valence-corrected chi connectivity index (χ0v) is 11.3. The van der Waals surface area contributed by atoms with Crippen LogP contribution in [0.3, 0.4) is 0 Å². The first-order valence-corrected chi connectivity index (χ1v) is 6.36. The molecule has 0 aliphatic carbocycles. The maximum Gasteiger partial charge on any atom is 0.219 e. The predicted octanol–water partition coefficient (Wildman–Crippen LogP) is 1.97. The third-order valence-electron chi connectivity index (χ3n) is 3.23. The molecule has 2 heterocycles. The third-order valence-corrected chi connectivity index (χ3v) is 3.42. The topological polar surface area (TPSA) is 38.2 Å². The van der Waals surface area contributed by atoms with Crippen molar-refractivity contribution in [3.8, 4) is 18.2 Å². The van der Waals surface area contributed by atoms with Crippen molar-refractivity contribution in [2.24, 2.45) is 0 Å². The Morgan fingerprint density at radius 3 is 3.00 bits per heavy atom. The Kier molecular flexibility index (Phi) is 4.05. The van der Waals surface area contributed by atoms with E-state index in [9.17, 15) is 0 Å². The number of terminal acetylenes is 1. The van der Waals surface area contributed by atoms with E-state index in [0.717, 1.165) is 13.0 Å². The number of likely N-dealkylation sites (N-methyl/N-ethyl adjacent to an activating group) is 1. The summed E-state index contributed by atoms with van der Waals surface area (Å²) in [7, 11) is 2.11. The SMILES string of the molecule is C#Cc1nc(Cl)cc(O[C@@H](C)[C@@H]2CCCN2C)n1. The fraction of sp³-hybridized carbons (Fsp3) is 0.538. The second-order valence-electron chi connectivity index (χ2n) is 4.51. The van der Waals surface area contributed by atoms with Crippen LogP contribution < -0.4 is 4.74 Å². The van der Waals surface area contributed by atoms with Crippen LogP contribution in [-0.2, 0) is 0 Å². The highest BCUT2D eigenvalue weighted by molar-refractivity contribution is 6.29. The Morgan fingerprint density at radius 2 is 2.39 bits per heavy atom. The van der Waals surface area contributed by atoms with Gasteiger partial charge in [-0.1, -0.05) is 11.6 Å². The van der Waals surface area contributed by atoms with Crippen molar-refractivity contribution in [3.63, 3.8) is 0 Å². The van der Waals surface area contributed by atoms with E-state index in [-0.39, 0.29) is 11.9 Å². The largest absolute Gasteiger partial charge is 0.473 e. The third kappa shape index (κ3) is 2.92. The molecule has 0 amide bonds. The first kappa shape index (κ1) is 13.1. The molecule has 0 N–H and O–H groups in total. The summed E-state index contributed by atoms with van der Waals surface area (Å²) >= 11 is 5.86. The van der Waals surface area contributed by atoms with Crippen LogP contribution in [0.4, 0.5) is 0 Å². The number of halogens is 1. The van der Waals surface area contributed by atoms with Crippen LogP contribution in [0.15, 0.2) is 6.07 Å². The molecule has 4 nitrogen and oxygen atoms in total. The van der Waals surface area contributed by atoms with Gasteiger partial charge >= 0.3 is 0 Å². The van der Waals surface area contributed by atoms with E-state index in [2.05, 4.69) is 27.8 Å². The lowest BCUT2D eigenvalue weighted by molar-refractivity contribution is 0.116. The van der Waals surface area contributed by atoms with Gasteiger partial charge in [-0.25, -0.2) is 4.98 Å². The molecule has 1 aliphatic heterocycles. The van der Waals surface area contributed by atoms with Crippen LogP contribution in [0.1, 0.15) is 25.6 Å². The van der Waals surface area contributed by atoms with Gasteiger partial charge in [0.05, 0.1) is 0 Å². The van der Waals surface area contributed by atoms with Crippen LogP contribution >= 0.6 is 11.6 Å². The predicted molar refractivity (Wildman–Crippen MR) is 70.7 cm³/mol. The zero-order chi connectivity index (χ0) is 13.1. The number of hydrogen-bond donors (Lipinski definition) is 0. The maximum absolute atomic E-state index is 5.86. The van der Waals surface area contributed by atoms with Crippen LogP contribution in [0.25, 0.3) is 0 Å². The lowest BCUT2D eigenvalue weighted by Gasteiger charge is -2.26. The monoisotopic (exact) mass is 265 g/mol. The first-order valence-electron chi connectivity index (χ1n) is 5.98. The minimum atomic E-state index is 0.0501. The normalized spacial score (nSPS) is 21.6. The Bertz CT molecular complexity index is 472. The number of ether oxygens (including phenoxy) is 1. The number of likely N-dealkylation sites (tertiary alicyclic amines) is 1. The molecular formula is C13H16ClN3O. The van der Waals surface area contributed by atoms with Crippen molar-refractivity contribution >= 4 is 11.6 Å². The van der Waals surface area contributed by atoms with Crippen molar-refractivity contribution < 1.29 is 4.74 Å². The summed E-state index contributed by atoms with van der Waals surface area (Å²) < 4.78 is 5.82. The molecule has 1 aliphatic rings. The van der Waals surface area contributed by atoms with Gasteiger partial charge in [-0.2, -0.15) is 4.98 Å². The van der Waals surface area contributed by atoms with Crippen molar-refractivity contribution in [1.29, 1.82) is 0 Å². The van der Waals surface area contributed by atoms with E-state index in [1.54, 1.807) is 6.07 Å². The van der Waals surface area contributed by atoms with Crippen molar-refractivity contribution in [2.75, 3.05) is 13.6 Å². The summed E-state index contributed by atoms with van der Waals surface area (Å²) in [5.74, 6) is 3.06. The Morgan fingerprint density at radius 1 is 1.61 bits per heavy atom. The standard InChI is InChI=1S/C13H16ClN3O/c1-4-12-15-11(14)8-13(16-12)18-9(2)10-6-5-7-17(10)3/h1,8-10H,5-7H2,2-3H3/t9-,10-/m0/s1. The van der Waals surface area contributed by atoms with Gasteiger partial charge in [0.1, 0.15) is 11.3 Å². The van der Waals surface area contributed by atoms with Gasteiger partial charge in [0.25, 0.3) is 0 Å². The molecule has 0 unspecified atom stereocenters. The summed E-state index contributed by atoms with van der Waals surface area (Å²) in [6.45, 7) is 3.15. The number of hydrogen-bond acceptors (Lipinski definition) is 4. The van der Waals surface area contributed by atoms with E-state index >= 15 is 0 Å². The summed E-state index contributed by atoms with van der Waals surface area (Å²) in [5.41, 5.74) is 0. The second kappa shape index (κ2) is 5.55. The molecule has 1 aromatic rings. The minimum absolute atomic E-state index is 0.0501. The van der Waals surface area contributed by atoms with Gasteiger partial charge < -0.3 is 4.74 Å². The Balaban J connectivity index is 2.09. The summed E-state index contributed by atoms with van der Waals surface area (Å²) in [6.07, 6.45) is 7.66. The average molecular weight is 266 g/mol. The van der Waals surface area contributed by atoms with Gasteiger partial charge in [-0.3, -0.25) is 4.90 Å². The second-order valence-corrected chi connectivity index (χ2v) is 4.90. The fourth-order valence-corrected chi connectivity index (χ4v) is 2.49. The molecule has 1 aromatic heterocycles.